The van der Waals surface area contributed by atoms with Crippen LogP contribution in [0.1, 0.15) is 69.0 Å². The molecule has 4 aromatic rings. The summed E-state index contributed by atoms with van der Waals surface area (Å²) in [6.45, 7) is 7.14. The van der Waals surface area contributed by atoms with E-state index in [0.29, 0.717) is 11.5 Å². The molecule has 4 atom stereocenters. The number of hydrogen-bond acceptors (Lipinski definition) is 12. The van der Waals surface area contributed by atoms with E-state index >= 15 is 0 Å². The van der Waals surface area contributed by atoms with Crippen molar-refractivity contribution in [2.75, 3.05) is 40.5 Å². The minimum absolute atomic E-state index is 0.0473. The number of rotatable bonds is 22. The van der Waals surface area contributed by atoms with Gasteiger partial charge in [-0.3, -0.25) is 23.9 Å². The van der Waals surface area contributed by atoms with Crippen LogP contribution in [0.4, 0.5) is 13.2 Å². The smallest absolute Gasteiger partial charge is 0.471 e. The number of benzene rings is 3. The first-order valence-electron chi connectivity index (χ1n) is 21.1. The minimum Gasteiger partial charge on any atom is -0.497 e. The average molecular weight is 939 g/mol. The number of nitriles is 1. The molecular weight excluding hydrogens is 885 g/mol. The monoisotopic (exact) mass is 938 g/mol. The van der Waals surface area contributed by atoms with Crippen LogP contribution in [0.15, 0.2) is 101 Å². The molecule has 2 heterocycles. The van der Waals surface area contributed by atoms with Gasteiger partial charge in [-0.25, -0.2) is 9.46 Å². The largest absolute Gasteiger partial charge is 0.497 e. The zero-order chi connectivity index (χ0) is 48.0. The third kappa shape index (κ3) is 12.9. The lowest BCUT2D eigenvalue weighted by Crippen LogP contribution is -2.40. The number of H-pyrrole nitrogens is 1. The van der Waals surface area contributed by atoms with Crippen molar-refractivity contribution < 1.29 is 50.8 Å². The van der Waals surface area contributed by atoms with Crippen LogP contribution in [0, 0.1) is 11.3 Å². The van der Waals surface area contributed by atoms with Crippen molar-refractivity contribution in [3.63, 3.8) is 0 Å². The number of aromatic nitrogens is 2. The van der Waals surface area contributed by atoms with Crippen LogP contribution in [-0.4, -0.2) is 97.0 Å². The van der Waals surface area contributed by atoms with Gasteiger partial charge in [0.15, 0.2) is 0 Å². The summed E-state index contributed by atoms with van der Waals surface area (Å²) in [6.07, 6.45) is -4.33. The molecule has 1 aromatic heterocycles. The molecule has 354 valence electrons. The second kappa shape index (κ2) is 23.5. The lowest BCUT2D eigenvalue weighted by Gasteiger charge is -2.39. The lowest BCUT2D eigenvalue weighted by atomic mass is 9.80. The highest BCUT2D eigenvalue weighted by atomic mass is 31.2. The van der Waals surface area contributed by atoms with Gasteiger partial charge in [-0.2, -0.15) is 18.4 Å². The van der Waals surface area contributed by atoms with Crippen LogP contribution in [0.5, 0.6) is 11.5 Å². The number of nitrogens with one attached hydrogen (secondary N) is 3. The number of ether oxygens (including phenoxy) is 4. The molecule has 0 aliphatic carbocycles. The Morgan fingerprint density at radius 2 is 1.50 bits per heavy atom. The van der Waals surface area contributed by atoms with Crippen molar-refractivity contribution in [1.82, 2.24) is 24.9 Å². The summed E-state index contributed by atoms with van der Waals surface area (Å²) >= 11 is 0. The molecule has 66 heavy (non-hydrogen) atoms. The van der Waals surface area contributed by atoms with E-state index < -0.39 is 68.3 Å². The Balaban J connectivity index is 1.54. The number of methoxy groups -OCH3 is 2. The first-order valence-corrected chi connectivity index (χ1v) is 22.2. The van der Waals surface area contributed by atoms with E-state index in [4.69, 9.17) is 28.0 Å². The van der Waals surface area contributed by atoms with E-state index in [1.165, 1.54) is 10.8 Å². The van der Waals surface area contributed by atoms with Gasteiger partial charge in [0.2, 0.25) is 5.91 Å². The Bertz CT molecular complexity index is 2350. The first kappa shape index (κ1) is 51.1. The molecule has 0 radical (unpaired) electrons. The number of amides is 2. The van der Waals surface area contributed by atoms with Gasteiger partial charge in [-0.05, 0) is 74.7 Å². The number of carbonyl (C=O) groups is 2. The molecule has 0 saturated carbocycles. The van der Waals surface area contributed by atoms with Crippen molar-refractivity contribution in [1.29, 1.82) is 5.26 Å². The number of alkyl halides is 3. The molecule has 1 aliphatic heterocycles. The number of aromatic amines is 1. The number of hydrogen-bond donors (Lipinski definition) is 3. The number of nitrogens with zero attached hydrogens (tertiary/aromatic N) is 3. The van der Waals surface area contributed by atoms with Gasteiger partial charge in [0.1, 0.15) is 29.4 Å². The van der Waals surface area contributed by atoms with Gasteiger partial charge >= 0.3 is 17.8 Å². The number of halogens is 3. The fourth-order valence-corrected chi connectivity index (χ4v) is 9.10. The highest BCUT2D eigenvalue weighted by Gasteiger charge is 2.45. The van der Waals surface area contributed by atoms with Gasteiger partial charge in [0.05, 0.1) is 51.6 Å². The van der Waals surface area contributed by atoms with Crippen LogP contribution in [-0.2, 0) is 33.7 Å². The van der Waals surface area contributed by atoms with Crippen molar-refractivity contribution in [2.45, 2.75) is 82.8 Å². The van der Waals surface area contributed by atoms with Crippen molar-refractivity contribution in [3.05, 3.63) is 134 Å². The molecular formula is C46H54F3N6O10P. The molecule has 0 bridgehead atoms. The SMILES string of the molecule is COc1ccc(C(OCC2OC(n3cc(/C=C/C(=O)NCCNC(=O)C(F)(F)F)c(=O)[nH]c3=O)CC2OP(OCCC#N)N(C(C)C)C(C)C)(c2ccccc2)c2ccc(OC)cc2)cc1. The molecule has 5 rings (SSSR count). The summed E-state index contributed by atoms with van der Waals surface area (Å²) in [5.74, 6) is -1.67. The van der Waals surface area contributed by atoms with Gasteiger partial charge in [-0.1, -0.05) is 54.6 Å². The third-order valence-electron chi connectivity index (χ3n) is 10.4. The second-order valence-electron chi connectivity index (χ2n) is 15.5. The fourth-order valence-electron chi connectivity index (χ4n) is 7.34. The standard InChI is InChI=1S/C46H54F3N6O10P/c1-30(2)55(31(3)4)66(63-26-10-23-50)65-38-27-41(54-28-32(42(57)53-44(54)59)13-22-40(56)51-24-25-52-43(58)46(47,48)49)64-39(38)29-62-45(33-11-8-7-9-12-33,34-14-18-36(60-5)19-15-34)35-16-20-37(61-6)21-17-35/h7-9,11-22,28,30-31,38-39,41H,10,24-27,29H2,1-6H3,(H,51,56)(H,52,58)(H,53,57,59)/b22-13+. The van der Waals surface area contributed by atoms with E-state index in [2.05, 4.69) is 21.0 Å². The van der Waals surface area contributed by atoms with Crippen LogP contribution in [0.3, 0.4) is 0 Å². The molecule has 1 fully saturated rings. The van der Waals surface area contributed by atoms with E-state index in [1.54, 1.807) is 19.5 Å². The van der Waals surface area contributed by atoms with Gasteiger partial charge in [0, 0.05) is 43.9 Å². The van der Waals surface area contributed by atoms with E-state index in [-0.39, 0.29) is 50.2 Å². The Morgan fingerprint density at radius 1 is 0.924 bits per heavy atom. The Morgan fingerprint density at radius 3 is 2.05 bits per heavy atom. The van der Waals surface area contributed by atoms with E-state index in [9.17, 15) is 37.6 Å². The summed E-state index contributed by atoms with van der Waals surface area (Å²) in [4.78, 5) is 52.4. The summed E-state index contributed by atoms with van der Waals surface area (Å²) < 4.78 is 78.8. The zero-order valence-electron chi connectivity index (χ0n) is 37.4. The van der Waals surface area contributed by atoms with E-state index in [1.807, 2.05) is 107 Å². The maximum absolute atomic E-state index is 13.5. The molecule has 16 nitrogen and oxygen atoms in total. The Hall–Kier alpha value is -5.87. The molecule has 3 aromatic carbocycles. The molecule has 1 aliphatic rings. The van der Waals surface area contributed by atoms with Crippen molar-refractivity contribution >= 4 is 26.4 Å². The molecule has 3 N–H and O–H groups in total. The molecule has 4 unspecified atom stereocenters. The topological polar surface area (TPSA) is 195 Å². The minimum atomic E-state index is -5.07. The summed E-state index contributed by atoms with van der Waals surface area (Å²) in [5.41, 5.74) is -0.741. The van der Waals surface area contributed by atoms with Crippen LogP contribution < -0.4 is 31.4 Å². The second-order valence-corrected chi connectivity index (χ2v) is 16.9. The van der Waals surface area contributed by atoms with Crippen molar-refractivity contribution in [2.24, 2.45) is 0 Å². The Kier molecular flexibility index (Phi) is 18.2. The lowest BCUT2D eigenvalue weighted by molar-refractivity contribution is -0.173. The summed E-state index contributed by atoms with van der Waals surface area (Å²) in [7, 11) is 1.32. The van der Waals surface area contributed by atoms with Gasteiger partial charge in [-0.15, -0.1) is 0 Å². The predicted octanol–water partition coefficient (Wildman–Crippen LogP) is 6.32. The fraction of sp³-hybridized carbons (Fsp3) is 0.413. The van der Waals surface area contributed by atoms with Crippen LogP contribution in [0.25, 0.3) is 6.08 Å². The van der Waals surface area contributed by atoms with Gasteiger partial charge < -0.3 is 38.6 Å². The maximum atomic E-state index is 13.5. The number of carbonyl (C=O) groups excluding carboxylic acids is 2. The van der Waals surface area contributed by atoms with E-state index in [0.717, 1.165) is 28.8 Å². The maximum Gasteiger partial charge on any atom is 0.471 e. The zero-order valence-corrected chi connectivity index (χ0v) is 38.3. The predicted molar refractivity (Wildman–Crippen MR) is 239 cm³/mol. The molecule has 20 heteroatoms. The summed E-state index contributed by atoms with van der Waals surface area (Å²) in [5, 5.41) is 13.3. The highest BCUT2D eigenvalue weighted by molar-refractivity contribution is 7.44. The molecule has 1 saturated heterocycles. The average Bonchev–Trinajstić information content (AvgIpc) is 3.69. The highest BCUT2D eigenvalue weighted by Crippen LogP contribution is 2.50. The van der Waals surface area contributed by atoms with Crippen molar-refractivity contribution in [3.8, 4) is 17.6 Å². The normalized spacial score (nSPS) is 17.0. The van der Waals surface area contributed by atoms with Gasteiger partial charge in [0.25, 0.3) is 14.1 Å². The molecule has 2 amide bonds. The van der Waals surface area contributed by atoms with Crippen LogP contribution in [0.2, 0.25) is 0 Å². The quantitative estimate of drug-likeness (QED) is 0.0344. The third-order valence-corrected chi connectivity index (χ3v) is 12.5. The summed E-state index contributed by atoms with van der Waals surface area (Å²) in [6, 6.07) is 26.6. The van der Waals surface area contributed by atoms with Crippen LogP contribution >= 0.6 is 8.53 Å². The Labute approximate surface area is 381 Å². The first-order chi connectivity index (χ1) is 31.5. The molecule has 0 spiro atoms.